The number of esters is 1. The molecule has 0 heterocycles. The summed E-state index contributed by atoms with van der Waals surface area (Å²) >= 11 is 0. The van der Waals surface area contributed by atoms with E-state index in [9.17, 15) is 19.7 Å². The number of ether oxygens (including phenoxy) is 1. The highest BCUT2D eigenvalue weighted by Crippen LogP contribution is 2.34. The lowest BCUT2D eigenvalue weighted by atomic mass is 9.86. The maximum absolute atomic E-state index is 12.0. The summed E-state index contributed by atoms with van der Waals surface area (Å²) in [6.45, 7) is 5.85. The minimum absolute atomic E-state index is 0.00242. The zero-order valence-corrected chi connectivity index (χ0v) is 12.9. The van der Waals surface area contributed by atoms with Crippen LogP contribution in [-0.4, -0.2) is 29.3 Å². The van der Waals surface area contributed by atoms with Crippen molar-refractivity contribution in [1.82, 2.24) is 0 Å². The van der Waals surface area contributed by atoms with E-state index in [1.165, 1.54) is 0 Å². The van der Waals surface area contributed by atoms with Crippen LogP contribution in [0.2, 0.25) is 0 Å². The average molecular weight is 305 g/mol. The lowest BCUT2D eigenvalue weighted by Crippen LogP contribution is -2.18. The van der Waals surface area contributed by atoms with E-state index in [0.717, 1.165) is 5.56 Å². The van der Waals surface area contributed by atoms with Crippen molar-refractivity contribution in [2.45, 2.75) is 38.6 Å². The second-order valence-electron chi connectivity index (χ2n) is 6.55. The van der Waals surface area contributed by atoms with Crippen LogP contribution in [0.15, 0.2) is 24.3 Å². The average Bonchev–Trinajstić information content (AvgIpc) is 3.24. The van der Waals surface area contributed by atoms with E-state index in [2.05, 4.69) is 20.8 Å². The van der Waals surface area contributed by atoms with Crippen LogP contribution in [0.4, 0.5) is 0 Å². The summed E-state index contributed by atoms with van der Waals surface area (Å²) in [6.07, 6.45) is 0.195. The van der Waals surface area contributed by atoms with Crippen LogP contribution >= 0.6 is 0 Å². The molecule has 1 saturated carbocycles. The van der Waals surface area contributed by atoms with Crippen LogP contribution in [-0.2, 0) is 14.9 Å². The van der Waals surface area contributed by atoms with Gasteiger partial charge in [-0.2, -0.15) is 0 Å². The van der Waals surface area contributed by atoms with Gasteiger partial charge in [-0.05, 0) is 11.0 Å². The van der Waals surface area contributed by atoms with Crippen molar-refractivity contribution in [2.24, 2.45) is 5.92 Å². The van der Waals surface area contributed by atoms with E-state index < -0.39 is 22.9 Å². The maximum atomic E-state index is 12.0. The summed E-state index contributed by atoms with van der Waals surface area (Å²) < 4.78 is 4.87. The molecule has 118 valence electrons. The highest BCUT2D eigenvalue weighted by molar-refractivity contribution is 5.98. The van der Waals surface area contributed by atoms with Crippen LogP contribution in [0.5, 0.6) is 0 Å². The lowest BCUT2D eigenvalue weighted by molar-refractivity contribution is -0.497. The molecule has 0 radical (unpaired) electrons. The Morgan fingerprint density at radius 2 is 1.86 bits per heavy atom. The molecule has 6 nitrogen and oxygen atoms in total. The molecule has 1 aromatic rings. The maximum Gasteiger partial charge on any atom is 0.316 e. The van der Waals surface area contributed by atoms with Crippen molar-refractivity contribution in [3.63, 3.8) is 0 Å². The molecule has 2 unspecified atom stereocenters. The molecule has 1 aromatic carbocycles. The number of nitro groups is 1. The van der Waals surface area contributed by atoms with Gasteiger partial charge in [-0.25, -0.2) is 0 Å². The first kappa shape index (κ1) is 16.1. The first-order valence-electron chi connectivity index (χ1n) is 7.14. The van der Waals surface area contributed by atoms with Crippen molar-refractivity contribution >= 4 is 11.8 Å². The second kappa shape index (κ2) is 5.87. The highest BCUT2D eigenvalue weighted by atomic mass is 16.6. The first-order valence-corrected chi connectivity index (χ1v) is 7.14. The topological polar surface area (TPSA) is 86.5 Å². The number of carbonyl (C=O) groups excluding carboxylic acids is 2. The Kier molecular flexibility index (Phi) is 4.30. The van der Waals surface area contributed by atoms with Gasteiger partial charge in [0.2, 0.25) is 6.04 Å². The summed E-state index contributed by atoms with van der Waals surface area (Å²) in [7, 11) is 0. The molecule has 0 saturated heterocycles. The standard InChI is InChI=1S/C16H19NO5/c1-16(2,3)11-6-4-10(5-7-11)14(18)9-22-15(19)12-8-13(12)17(20)21/h4-7,12-13H,8-9H2,1-3H3. The van der Waals surface area contributed by atoms with Gasteiger partial charge in [0.15, 0.2) is 12.4 Å². The van der Waals surface area contributed by atoms with Gasteiger partial charge in [0, 0.05) is 16.9 Å². The third-order valence-corrected chi connectivity index (χ3v) is 3.75. The zero-order valence-electron chi connectivity index (χ0n) is 12.9. The first-order chi connectivity index (χ1) is 10.2. The molecular weight excluding hydrogens is 286 g/mol. The molecule has 0 N–H and O–H groups in total. The molecule has 1 aliphatic rings. The number of Topliss-reactive ketones (excluding diaryl/α,β-unsaturated/α-hetero) is 1. The van der Waals surface area contributed by atoms with E-state index in [1.54, 1.807) is 12.1 Å². The molecule has 1 fully saturated rings. The van der Waals surface area contributed by atoms with Gasteiger partial charge in [-0.3, -0.25) is 19.7 Å². The van der Waals surface area contributed by atoms with E-state index in [0.29, 0.717) is 5.56 Å². The third-order valence-electron chi connectivity index (χ3n) is 3.75. The van der Waals surface area contributed by atoms with Gasteiger partial charge < -0.3 is 4.74 Å². The fourth-order valence-electron chi connectivity index (χ4n) is 2.15. The fourth-order valence-corrected chi connectivity index (χ4v) is 2.15. The smallest absolute Gasteiger partial charge is 0.316 e. The fraction of sp³-hybridized carbons (Fsp3) is 0.500. The Morgan fingerprint density at radius 3 is 2.32 bits per heavy atom. The number of rotatable bonds is 5. The molecule has 22 heavy (non-hydrogen) atoms. The lowest BCUT2D eigenvalue weighted by Gasteiger charge is -2.18. The number of ketones is 1. The van der Waals surface area contributed by atoms with Gasteiger partial charge in [0.1, 0.15) is 5.92 Å². The normalized spacial score (nSPS) is 20.3. The number of hydrogen-bond donors (Lipinski definition) is 0. The van der Waals surface area contributed by atoms with Crippen molar-refractivity contribution in [3.8, 4) is 0 Å². The predicted octanol–water partition coefficient (Wildman–Crippen LogP) is 2.38. The minimum Gasteiger partial charge on any atom is -0.457 e. The SMILES string of the molecule is CC(C)(C)c1ccc(C(=O)COC(=O)C2CC2[N+](=O)[O-])cc1. The van der Waals surface area contributed by atoms with Gasteiger partial charge in [-0.15, -0.1) is 0 Å². The number of carbonyl (C=O) groups is 2. The summed E-state index contributed by atoms with van der Waals surface area (Å²) in [6, 6.07) is 6.30. The monoisotopic (exact) mass is 305 g/mol. The van der Waals surface area contributed by atoms with Gasteiger partial charge in [0.25, 0.3) is 0 Å². The van der Waals surface area contributed by atoms with Crippen LogP contribution in [0.1, 0.15) is 43.1 Å². The van der Waals surface area contributed by atoms with Gasteiger partial charge in [-0.1, -0.05) is 45.0 Å². The highest BCUT2D eigenvalue weighted by Gasteiger charge is 2.54. The van der Waals surface area contributed by atoms with Crippen molar-refractivity contribution in [2.75, 3.05) is 6.61 Å². The van der Waals surface area contributed by atoms with Crippen molar-refractivity contribution < 1.29 is 19.2 Å². The largest absolute Gasteiger partial charge is 0.457 e. The number of hydrogen-bond acceptors (Lipinski definition) is 5. The zero-order chi connectivity index (χ0) is 16.5. The second-order valence-corrected chi connectivity index (χ2v) is 6.55. The summed E-state index contributed by atoms with van der Waals surface area (Å²) in [4.78, 5) is 33.5. The van der Waals surface area contributed by atoms with Crippen LogP contribution < -0.4 is 0 Å². The molecule has 0 amide bonds. The molecule has 0 aromatic heterocycles. The number of benzene rings is 1. The van der Waals surface area contributed by atoms with Crippen LogP contribution in [0.3, 0.4) is 0 Å². The molecular formula is C16H19NO5. The van der Waals surface area contributed by atoms with E-state index in [-0.39, 0.29) is 24.2 Å². The van der Waals surface area contributed by atoms with Crippen LogP contribution in [0, 0.1) is 16.0 Å². The van der Waals surface area contributed by atoms with Gasteiger partial charge >= 0.3 is 5.97 Å². The third kappa shape index (κ3) is 3.69. The quantitative estimate of drug-likeness (QED) is 0.361. The summed E-state index contributed by atoms with van der Waals surface area (Å²) in [5, 5.41) is 10.5. The Labute approximate surface area is 128 Å². The molecule has 0 bridgehead atoms. The summed E-state index contributed by atoms with van der Waals surface area (Å²) in [5.41, 5.74) is 1.56. The molecule has 1 aliphatic carbocycles. The van der Waals surface area contributed by atoms with E-state index >= 15 is 0 Å². The Bertz CT molecular complexity index is 600. The van der Waals surface area contributed by atoms with Crippen molar-refractivity contribution in [1.29, 1.82) is 0 Å². The minimum atomic E-state index is -0.853. The van der Waals surface area contributed by atoms with E-state index in [1.807, 2.05) is 12.1 Å². The molecule has 0 aliphatic heterocycles. The summed E-state index contributed by atoms with van der Waals surface area (Å²) in [5.74, 6) is -1.68. The predicted molar refractivity (Wildman–Crippen MR) is 79.3 cm³/mol. The van der Waals surface area contributed by atoms with E-state index in [4.69, 9.17) is 4.74 Å². The molecule has 6 heteroatoms. The molecule has 2 rings (SSSR count). The number of nitrogens with zero attached hydrogens (tertiary/aromatic N) is 1. The Balaban J connectivity index is 1.88. The Hall–Kier alpha value is -2.24. The molecule has 2 atom stereocenters. The van der Waals surface area contributed by atoms with Gasteiger partial charge in [0.05, 0.1) is 0 Å². The Morgan fingerprint density at radius 1 is 1.27 bits per heavy atom. The van der Waals surface area contributed by atoms with Crippen LogP contribution in [0.25, 0.3) is 0 Å². The van der Waals surface area contributed by atoms with Crippen molar-refractivity contribution in [3.05, 3.63) is 45.5 Å². The molecule has 0 spiro atoms.